The van der Waals surface area contributed by atoms with Gasteiger partial charge < -0.3 is 15.3 Å². The minimum atomic E-state index is 0.113. The predicted octanol–water partition coefficient (Wildman–Crippen LogP) is 2.33. The fourth-order valence-electron chi connectivity index (χ4n) is 2.02. The number of hydrogen-bond acceptors (Lipinski definition) is 3. The van der Waals surface area contributed by atoms with Gasteiger partial charge >= 0.3 is 0 Å². The second-order valence-electron chi connectivity index (χ2n) is 5.33. The van der Waals surface area contributed by atoms with Gasteiger partial charge in [-0.15, -0.1) is 6.58 Å². The molecule has 2 N–H and O–H groups in total. The van der Waals surface area contributed by atoms with Crippen LogP contribution in [0.5, 0.6) is 0 Å². The SMILES string of the molecule is C=CCCC(=O)NCCN(C)CCCCCCCCO. The molecule has 0 rings (SSSR count). The largest absolute Gasteiger partial charge is 0.396 e. The number of nitrogens with zero attached hydrogens (tertiary/aromatic N) is 1. The summed E-state index contributed by atoms with van der Waals surface area (Å²) in [5.41, 5.74) is 0. The van der Waals surface area contributed by atoms with Gasteiger partial charge in [-0.2, -0.15) is 0 Å². The lowest BCUT2D eigenvalue weighted by molar-refractivity contribution is -0.121. The Morgan fingerprint density at radius 3 is 2.45 bits per heavy atom. The van der Waals surface area contributed by atoms with Crippen LogP contribution >= 0.6 is 0 Å². The van der Waals surface area contributed by atoms with Gasteiger partial charge in [0.05, 0.1) is 0 Å². The van der Waals surface area contributed by atoms with Crippen molar-refractivity contribution in [2.24, 2.45) is 0 Å². The topological polar surface area (TPSA) is 52.6 Å². The molecule has 0 aliphatic carbocycles. The van der Waals surface area contributed by atoms with Gasteiger partial charge in [0.25, 0.3) is 0 Å². The van der Waals surface area contributed by atoms with Gasteiger partial charge in [-0.25, -0.2) is 0 Å². The van der Waals surface area contributed by atoms with Crippen LogP contribution in [-0.2, 0) is 4.79 Å². The summed E-state index contributed by atoms with van der Waals surface area (Å²) < 4.78 is 0. The van der Waals surface area contributed by atoms with E-state index < -0.39 is 0 Å². The van der Waals surface area contributed by atoms with E-state index in [1.165, 1.54) is 25.7 Å². The Balaban J connectivity index is 3.30. The molecule has 0 aromatic carbocycles. The van der Waals surface area contributed by atoms with E-state index in [9.17, 15) is 4.79 Å². The van der Waals surface area contributed by atoms with Gasteiger partial charge in [0.15, 0.2) is 0 Å². The van der Waals surface area contributed by atoms with Crippen LogP contribution in [0.1, 0.15) is 51.4 Å². The number of amides is 1. The van der Waals surface area contributed by atoms with Crippen molar-refractivity contribution in [1.29, 1.82) is 0 Å². The van der Waals surface area contributed by atoms with Crippen molar-refractivity contribution in [1.82, 2.24) is 10.2 Å². The monoisotopic (exact) mass is 284 g/mol. The van der Waals surface area contributed by atoms with Crippen molar-refractivity contribution < 1.29 is 9.90 Å². The Hall–Kier alpha value is -0.870. The number of rotatable bonds is 14. The summed E-state index contributed by atoms with van der Waals surface area (Å²) in [4.78, 5) is 13.6. The second-order valence-corrected chi connectivity index (χ2v) is 5.33. The average Bonchev–Trinajstić information content (AvgIpc) is 2.44. The second kappa shape index (κ2) is 14.5. The Bertz CT molecular complexity index is 245. The van der Waals surface area contributed by atoms with E-state index in [-0.39, 0.29) is 5.91 Å². The standard InChI is InChI=1S/C16H32N2O2/c1-3-4-11-16(20)17-12-14-18(2)13-9-7-5-6-8-10-15-19/h3,19H,1,4-15H2,2H3,(H,17,20). The van der Waals surface area contributed by atoms with Crippen molar-refractivity contribution in [3.05, 3.63) is 12.7 Å². The molecule has 0 radical (unpaired) electrons. The van der Waals surface area contributed by atoms with Gasteiger partial charge in [-0.3, -0.25) is 4.79 Å². The molecule has 0 aliphatic heterocycles. The zero-order valence-corrected chi connectivity index (χ0v) is 13.1. The number of carbonyl (C=O) groups excluding carboxylic acids is 1. The van der Waals surface area contributed by atoms with E-state index in [4.69, 9.17) is 5.11 Å². The maximum absolute atomic E-state index is 11.4. The van der Waals surface area contributed by atoms with Crippen LogP contribution in [0.4, 0.5) is 0 Å². The molecule has 4 nitrogen and oxygen atoms in total. The quantitative estimate of drug-likeness (QED) is 0.380. The van der Waals surface area contributed by atoms with Gasteiger partial charge in [0.2, 0.25) is 5.91 Å². The first-order valence-corrected chi connectivity index (χ1v) is 7.87. The number of nitrogens with one attached hydrogen (secondary N) is 1. The fraction of sp³-hybridized carbons (Fsp3) is 0.812. The lowest BCUT2D eigenvalue weighted by Gasteiger charge is -2.16. The summed E-state index contributed by atoms with van der Waals surface area (Å²) in [7, 11) is 2.10. The molecular weight excluding hydrogens is 252 g/mol. The molecule has 0 unspecified atom stereocenters. The third-order valence-electron chi connectivity index (χ3n) is 3.34. The Morgan fingerprint density at radius 1 is 1.15 bits per heavy atom. The molecular formula is C16H32N2O2. The Labute approximate surface area is 124 Å². The number of likely N-dealkylation sites (N-methyl/N-ethyl adjacent to an activating group) is 1. The molecule has 0 atom stereocenters. The van der Waals surface area contributed by atoms with Crippen LogP contribution in [-0.4, -0.2) is 49.2 Å². The van der Waals surface area contributed by atoms with E-state index in [0.29, 0.717) is 13.0 Å². The molecule has 0 heterocycles. The highest BCUT2D eigenvalue weighted by Crippen LogP contribution is 2.05. The van der Waals surface area contributed by atoms with Crippen molar-refractivity contribution in [2.45, 2.75) is 51.4 Å². The number of aliphatic hydroxyl groups excluding tert-OH is 1. The first-order chi connectivity index (χ1) is 9.70. The molecule has 0 saturated carbocycles. The zero-order chi connectivity index (χ0) is 15.1. The van der Waals surface area contributed by atoms with Crippen molar-refractivity contribution in [3.63, 3.8) is 0 Å². The lowest BCUT2D eigenvalue weighted by Crippen LogP contribution is -2.33. The molecule has 0 spiro atoms. The van der Waals surface area contributed by atoms with Gasteiger partial charge in [0, 0.05) is 26.1 Å². The van der Waals surface area contributed by atoms with Crippen molar-refractivity contribution in [3.8, 4) is 0 Å². The third-order valence-corrected chi connectivity index (χ3v) is 3.34. The van der Waals surface area contributed by atoms with Crippen LogP contribution in [0.2, 0.25) is 0 Å². The highest BCUT2D eigenvalue weighted by atomic mass is 16.2. The highest BCUT2D eigenvalue weighted by Gasteiger charge is 2.01. The third kappa shape index (κ3) is 13.6. The molecule has 20 heavy (non-hydrogen) atoms. The summed E-state index contributed by atoms with van der Waals surface area (Å²) in [5, 5.41) is 11.6. The molecule has 0 saturated heterocycles. The molecule has 0 aromatic rings. The molecule has 118 valence electrons. The van der Waals surface area contributed by atoms with Gasteiger partial charge in [0.1, 0.15) is 0 Å². The Morgan fingerprint density at radius 2 is 1.80 bits per heavy atom. The van der Waals surface area contributed by atoms with Crippen LogP contribution in [0.15, 0.2) is 12.7 Å². The summed E-state index contributed by atoms with van der Waals surface area (Å²) in [6.07, 6.45) is 10.1. The van der Waals surface area contributed by atoms with Crippen LogP contribution in [0.3, 0.4) is 0 Å². The van der Waals surface area contributed by atoms with Crippen molar-refractivity contribution in [2.75, 3.05) is 33.3 Å². The molecule has 0 fully saturated rings. The summed E-state index contributed by atoms with van der Waals surface area (Å²) >= 11 is 0. The van der Waals surface area contributed by atoms with Gasteiger partial charge in [-0.05, 0) is 32.9 Å². The first kappa shape index (κ1) is 19.1. The normalized spacial score (nSPS) is 10.8. The smallest absolute Gasteiger partial charge is 0.220 e. The van der Waals surface area contributed by atoms with E-state index in [0.717, 1.165) is 38.9 Å². The number of unbranched alkanes of at least 4 members (excludes halogenated alkanes) is 5. The molecule has 1 amide bonds. The lowest BCUT2D eigenvalue weighted by atomic mass is 10.1. The van der Waals surface area contributed by atoms with Crippen LogP contribution in [0, 0.1) is 0 Å². The van der Waals surface area contributed by atoms with Crippen LogP contribution in [0.25, 0.3) is 0 Å². The highest BCUT2D eigenvalue weighted by molar-refractivity contribution is 5.75. The number of hydrogen-bond donors (Lipinski definition) is 2. The van der Waals surface area contributed by atoms with Crippen molar-refractivity contribution >= 4 is 5.91 Å². The van der Waals surface area contributed by atoms with E-state index in [1.54, 1.807) is 6.08 Å². The van der Waals surface area contributed by atoms with E-state index >= 15 is 0 Å². The maximum atomic E-state index is 11.4. The first-order valence-electron chi connectivity index (χ1n) is 7.87. The van der Waals surface area contributed by atoms with Crippen LogP contribution < -0.4 is 5.32 Å². The molecule has 0 aromatic heterocycles. The summed E-state index contributed by atoms with van der Waals surface area (Å²) in [6, 6.07) is 0. The molecule has 4 heteroatoms. The number of carbonyl (C=O) groups is 1. The number of allylic oxidation sites excluding steroid dienone is 1. The minimum Gasteiger partial charge on any atom is -0.396 e. The Kier molecular flexibility index (Phi) is 13.9. The summed E-state index contributed by atoms with van der Waals surface area (Å²) in [6.45, 7) is 6.64. The maximum Gasteiger partial charge on any atom is 0.220 e. The fourth-order valence-corrected chi connectivity index (χ4v) is 2.02. The average molecular weight is 284 g/mol. The molecule has 0 bridgehead atoms. The van der Waals surface area contributed by atoms with E-state index in [1.807, 2.05) is 0 Å². The minimum absolute atomic E-state index is 0.113. The zero-order valence-electron chi connectivity index (χ0n) is 13.1. The summed E-state index contributed by atoms with van der Waals surface area (Å²) in [5.74, 6) is 0.113. The molecule has 0 aliphatic rings. The number of aliphatic hydroxyl groups is 1. The van der Waals surface area contributed by atoms with Gasteiger partial charge in [-0.1, -0.05) is 31.8 Å². The predicted molar refractivity (Wildman–Crippen MR) is 84.7 cm³/mol. The van der Waals surface area contributed by atoms with E-state index in [2.05, 4.69) is 23.8 Å².